The number of nitrogens with zero attached hydrogens (tertiary/aromatic N) is 1. The van der Waals surface area contributed by atoms with Crippen LogP contribution in [0.2, 0.25) is 0 Å². The van der Waals surface area contributed by atoms with Crippen LogP contribution in [0.5, 0.6) is 5.75 Å². The molecular formula is C19H22N2O4S. The van der Waals surface area contributed by atoms with Gasteiger partial charge in [0.25, 0.3) is 0 Å². The van der Waals surface area contributed by atoms with Crippen molar-refractivity contribution >= 4 is 28.3 Å². The molecule has 1 saturated heterocycles. The van der Waals surface area contributed by atoms with Crippen molar-refractivity contribution in [2.45, 2.75) is 24.2 Å². The molecule has 2 N–H and O–H groups in total. The Hall–Kier alpha value is -2.54. The van der Waals surface area contributed by atoms with Crippen molar-refractivity contribution in [3.63, 3.8) is 0 Å². The Morgan fingerprint density at radius 2 is 1.92 bits per heavy atom. The molecule has 1 aliphatic heterocycles. The molecule has 0 spiro atoms. The lowest BCUT2D eigenvalue weighted by atomic mass is 10.1. The molecule has 0 radical (unpaired) electrons. The molecule has 0 aromatic heterocycles. The third kappa shape index (κ3) is 4.16. The molecule has 3 rings (SSSR count). The summed E-state index contributed by atoms with van der Waals surface area (Å²) in [6.45, 7) is 2.04. The van der Waals surface area contributed by atoms with Crippen molar-refractivity contribution in [1.82, 2.24) is 0 Å². The van der Waals surface area contributed by atoms with E-state index in [0.29, 0.717) is 10.6 Å². The number of phenolic OH excluding ortho intramolecular Hbond substituents is 1. The SMILES string of the molecule is COC(=O)c1ccc(NS(=O)c2cccc(N3CCCCC3)c2)cc1O. The minimum atomic E-state index is -1.48. The van der Waals surface area contributed by atoms with E-state index in [1.807, 2.05) is 18.2 Å². The van der Waals surface area contributed by atoms with Crippen LogP contribution < -0.4 is 9.62 Å². The van der Waals surface area contributed by atoms with Gasteiger partial charge >= 0.3 is 5.97 Å². The highest BCUT2D eigenvalue weighted by atomic mass is 32.2. The van der Waals surface area contributed by atoms with Crippen LogP contribution in [0.1, 0.15) is 29.6 Å². The number of methoxy groups -OCH3 is 1. The zero-order valence-electron chi connectivity index (χ0n) is 14.6. The van der Waals surface area contributed by atoms with Gasteiger partial charge in [-0.1, -0.05) is 6.07 Å². The summed E-state index contributed by atoms with van der Waals surface area (Å²) in [5.74, 6) is -0.842. The first-order valence-corrected chi connectivity index (χ1v) is 9.68. The van der Waals surface area contributed by atoms with E-state index in [9.17, 15) is 14.1 Å². The quantitative estimate of drug-likeness (QED) is 0.785. The van der Waals surface area contributed by atoms with Crippen molar-refractivity contribution in [1.29, 1.82) is 0 Å². The Kier molecular flexibility index (Phi) is 5.78. The van der Waals surface area contributed by atoms with Gasteiger partial charge in [0.2, 0.25) is 0 Å². The Morgan fingerprint density at radius 1 is 1.15 bits per heavy atom. The number of ether oxygens (including phenoxy) is 1. The van der Waals surface area contributed by atoms with Gasteiger partial charge in [0, 0.05) is 24.8 Å². The molecule has 138 valence electrons. The maximum Gasteiger partial charge on any atom is 0.341 e. The molecule has 6 nitrogen and oxygen atoms in total. The van der Waals surface area contributed by atoms with Gasteiger partial charge in [-0.05, 0) is 49.6 Å². The smallest absolute Gasteiger partial charge is 0.341 e. The van der Waals surface area contributed by atoms with Gasteiger partial charge < -0.3 is 19.5 Å². The largest absolute Gasteiger partial charge is 0.507 e. The van der Waals surface area contributed by atoms with E-state index >= 15 is 0 Å². The van der Waals surface area contributed by atoms with E-state index in [0.717, 1.165) is 18.8 Å². The molecule has 1 aliphatic rings. The molecular weight excluding hydrogens is 352 g/mol. The first-order valence-electron chi connectivity index (χ1n) is 8.53. The third-order valence-electron chi connectivity index (χ3n) is 4.37. The van der Waals surface area contributed by atoms with E-state index in [1.165, 1.54) is 38.5 Å². The second kappa shape index (κ2) is 8.23. The minimum absolute atomic E-state index is 0.0657. The molecule has 26 heavy (non-hydrogen) atoms. The number of anilines is 2. The Labute approximate surface area is 155 Å². The molecule has 2 aromatic carbocycles. The summed E-state index contributed by atoms with van der Waals surface area (Å²) >= 11 is 0. The van der Waals surface area contributed by atoms with E-state index in [2.05, 4.69) is 14.4 Å². The first kappa shape index (κ1) is 18.3. The fourth-order valence-corrected chi connectivity index (χ4v) is 3.88. The van der Waals surface area contributed by atoms with Crippen LogP contribution in [0.25, 0.3) is 0 Å². The maximum atomic E-state index is 12.6. The number of carbonyl (C=O) groups excluding carboxylic acids is 1. The number of carbonyl (C=O) groups is 1. The Morgan fingerprint density at radius 3 is 2.62 bits per heavy atom. The van der Waals surface area contributed by atoms with Crippen molar-refractivity contribution in [3.8, 4) is 5.75 Å². The van der Waals surface area contributed by atoms with Gasteiger partial charge in [-0.3, -0.25) is 0 Å². The summed E-state index contributed by atoms with van der Waals surface area (Å²) in [7, 11) is -0.232. The monoisotopic (exact) mass is 374 g/mol. The number of hydrogen-bond donors (Lipinski definition) is 2. The number of esters is 1. The molecule has 0 saturated carbocycles. The molecule has 0 amide bonds. The van der Waals surface area contributed by atoms with Crippen LogP contribution in [-0.2, 0) is 15.7 Å². The van der Waals surface area contributed by atoms with Crippen molar-refractivity contribution < 1.29 is 18.8 Å². The van der Waals surface area contributed by atoms with Crippen LogP contribution in [0.4, 0.5) is 11.4 Å². The number of nitrogens with one attached hydrogen (secondary N) is 1. The number of rotatable bonds is 5. The highest BCUT2D eigenvalue weighted by molar-refractivity contribution is 7.86. The molecule has 0 aliphatic carbocycles. The fourth-order valence-electron chi connectivity index (χ4n) is 2.99. The summed E-state index contributed by atoms with van der Waals surface area (Å²) in [6.07, 6.45) is 3.61. The molecule has 1 unspecified atom stereocenters. The van der Waals surface area contributed by atoms with Gasteiger partial charge in [0.1, 0.15) is 22.3 Å². The number of piperidine rings is 1. The third-order valence-corrected chi connectivity index (χ3v) is 5.47. The van der Waals surface area contributed by atoms with Crippen molar-refractivity contribution in [2.75, 3.05) is 29.8 Å². The number of benzene rings is 2. The zero-order valence-corrected chi connectivity index (χ0v) is 15.4. The van der Waals surface area contributed by atoms with E-state index in [-0.39, 0.29) is 11.3 Å². The molecule has 1 atom stereocenters. The molecule has 7 heteroatoms. The summed E-state index contributed by atoms with van der Waals surface area (Å²) in [5.41, 5.74) is 1.59. The Balaban J connectivity index is 1.74. The normalized spacial score (nSPS) is 15.3. The van der Waals surface area contributed by atoms with Crippen molar-refractivity contribution in [2.24, 2.45) is 0 Å². The van der Waals surface area contributed by atoms with Gasteiger partial charge in [-0.15, -0.1) is 0 Å². The predicted molar refractivity (Wildman–Crippen MR) is 102 cm³/mol. The topological polar surface area (TPSA) is 78.9 Å². The van der Waals surface area contributed by atoms with Crippen LogP contribution >= 0.6 is 0 Å². The fraction of sp³-hybridized carbons (Fsp3) is 0.316. The average Bonchev–Trinajstić information content (AvgIpc) is 2.68. The summed E-state index contributed by atoms with van der Waals surface area (Å²) in [4.78, 5) is 14.5. The lowest BCUT2D eigenvalue weighted by molar-refractivity contribution is 0.0597. The van der Waals surface area contributed by atoms with Gasteiger partial charge in [0.05, 0.1) is 17.7 Å². The standard InChI is InChI=1S/C19H22N2O4S/c1-25-19(23)17-9-8-14(12-18(17)22)20-26(24)16-7-5-6-15(13-16)21-10-3-2-4-11-21/h5-9,12-13,20,22H,2-4,10-11H2,1H3. The lowest BCUT2D eigenvalue weighted by Crippen LogP contribution is -2.29. The molecule has 2 aromatic rings. The number of aromatic hydroxyl groups is 1. The highest BCUT2D eigenvalue weighted by Crippen LogP contribution is 2.25. The minimum Gasteiger partial charge on any atom is -0.507 e. The van der Waals surface area contributed by atoms with Crippen LogP contribution in [-0.4, -0.2) is 35.5 Å². The predicted octanol–water partition coefficient (Wildman–Crippen LogP) is 3.30. The summed E-state index contributed by atoms with van der Waals surface area (Å²) in [5, 5.41) is 9.94. The van der Waals surface area contributed by atoms with Gasteiger partial charge in [0.15, 0.2) is 0 Å². The van der Waals surface area contributed by atoms with Gasteiger partial charge in [-0.2, -0.15) is 0 Å². The van der Waals surface area contributed by atoms with E-state index in [1.54, 1.807) is 12.1 Å². The lowest BCUT2D eigenvalue weighted by Gasteiger charge is -2.29. The van der Waals surface area contributed by atoms with Gasteiger partial charge in [-0.25, -0.2) is 9.00 Å². The number of hydrogen-bond acceptors (Lipinski definition) is 5. The van der Waals surface area contributed by atoms with Crippen LogP contribution in [0.3, 0.4) is 0 Å². The second-order valence-electron chi connectivity index (χ2n) is 6.14. The zero-order chi connectivity index (χ0) is 18.5. The second-order valence-corrected chi connectivity index (χ2v) is 7.35. The highest BCUT2D eigenvalue weighted by Gasteiger charge is 2.15. The van der Waals surface area contributed by atoms with Crippen LogP contribution in [0, 0.1) is 0 Å². The van der Waals surface area contributed by atoms with E-state index < -0.39 is 17.0 Å². The number of phenols is 1. The van der Waals surface area contributed by atoms with Crippen molar-refractivity contribution in [3.05, 3.63) is 48.0 Å². The summed E-state index contributed by atoms with van der Waals surface area (Å²) in [6, 6.07) is 12.0. The Bertz CT molecular complexity index is 819. The molecule has 1 heterocycles. The summed E-state index contributed by atoms with van der Waals surface area (Å²) < 4.78 is 20.1. The van der Waals surface area contributed by atoms with Crippen LogP contribution in [0.15, 0.2) is 47.4 Å². The van der Waals surface area contributed by atoms with E-state index in [4.69, 9.17) is 0 Å². The first-order chi connectivity index (χ1) is 12.6. The average molecular weight is 374 g/mol. The molecule has 0 bridgehead atoms. The molecule has 1 fully saturated rings. The maximum absolute atomic E-state index is 12.6.